The van der Waals surface area contributed by atoms with E-state index in [0.29, 0.717) is 17.4 Å². The van der Waals surface area contributed by atoms with Crippen molar-refractivity contribution < 1.29 is 0 Å². The second-order valence-corrected chi connectivity index (χ2v) is 5.02. The number of nitrogens with zero attached hydrogens (tertiary/aromatic N) is 4. The second-order valence-electron chi connectivity index (χ2n) is 4.61. The van der Waals surface area contributed by atoms with E-state index in [0.717, 1.165) is 11.1 Å². The van der Waals surface area contributed by atoms with Crippen molar-refractivity contribution in [1.29, 1.82) is 0 Å². The Bertz CT molecular complexity index is 719. The molecule has 0 aliphatic rings. The molecule has 5 heteroatoms. The summed E-state index contributed by atoms with van der Waals surface area (Å²) >= 11 is 6.13. The summed E-state index contributed by atoms with van der Waals surface area (Å²) in [5, 5.41) is 13.1. The van der Waals surface area contributed by atoms with Crippen LogP contribution in [0.1, 0.15) is 11.1 Å². The number of hydrogen-bond donors (Lipinski definition) is 0. The molecule has 0 aliphatic carbocycles. The van der Waals surface area contributed by atoms with E-state index < -0.39 is 0 Å². The molecule has 0 spiro atoms. The monoisotopic (exact) mass is 284 g/mol. The van der Waals surface area contributed by atoms with Gasteiger partial charge in [0, 0.05) is 5.56 Å². The smallest absolute Gasteiger partial charge is 0.159 e. The lowest BCUT2D eigenvalue weighted by Gasteiger charge is -2.00. The van der Waals surface area contributed by atoms with Gasteiger partial charge in [-0.15, -0.1) is 10.2 Å². The molecule has 0 fully saturated rings. The predicted molar refractivity (Wildman–Crippen MR) is 78.5 cm³/mol. The van der Waals surface area contributed by atoms with Crippen molar-refractivity contribution >= 4 is 11.6 Å². The number of halogens is 1. The molecule has 3 aromatic rings. The third kappa shape index (κ3) is 2.70. The van der Waals surface area contributed by atoms with Gasteiger partial charge in [-0.3, -0.25) is 0 Å². The van der Waals surface area contributed by atoms with E-state index >= 15 is 0 Å². The number of benzene rings is 2. The van der Waals surface area contributed by atoms with E-state index in [1.807, 2.05) is 24.3 Å². The Morgan fingerprint density at radius 2 is 1.80 bits per heavy atom. The highest BCUT2D eigenvalue weighted by atomic mass is 35.5. The topological polar surface area (TPSA) is 43.6 Å². The van der Waals surface area contributed by atoms with Gasteiger partial charge in [-0.05, 0) is 29.8 Å². The van der Waals surface area contributed by atoms with Crippen molar-refractivity contribution in [3.05, 3.63) is 64.7 Å². The van der Waals surface area contributed by atoms with Crippen LogP contribution >= 0.6 is 11.6 Å². The first-order valence-electron chi connectivity index (χ1n) is 6.30. The summed E-state index contributed by atoms with van der Waals surface area (Å²) in [6.45, 7) is 2.66. The molecule has 20 heavy (non-hydrogen) atoms. The van der Waals surface area contributed by atoms with Gasteiger partial charge in [0.25, 0.3) is 0 Å². The summed E-state index contributed by atoms with van der Waals surface area (Å²) in [6.07, 6.45) is 0. The van der Waals surface area contributed by atoms with E-state index in [2.05, 4.69) is 46.6 Å². The van der Waals surface area contributed by atoms with Gasteiger partial charge in [-0.1, -0.05) is 53.6 Å². The molecule has 0 saturated heterocycles. The third-order valence-electron chi connectivity index (χ3n) is 3.01. The van der Waals surface area contributed by atoms with Crippen LogP contribution in [0, 0.1) is 6.92 Å². The summed E-state index contributed by atoms with van der Waals surface area (Å²) < 4.78 is 0. The molecular formula is C15H13ClN4. The Morgan fingerprint density at radius 3 is 2.55 bits per heavy atom. The molecule has 100 valence electrons. The third-order valence-corrected chi connectivity index (χ3v) is 3.34. The minimum absolute atomic E-state index is 0.544. The lowest BCUT2D eigenvalue weighted by molar-refractivity contribution is 0.573. The quantitative estimate of drug-likeness (QED) is 0.741. The Hall–Kier alpha value is -2.20. The van der Waals surface area contributed by atoms with E-state index in [1.165, 1.54) is 5.56 Å². The van der Waals surface area contributed by atoms with Crippen molar-refractivity contribution in [2.75, 3.05) is 0 Å². The summed E-state index contributed by atoms with van der Waals surface area (Å²) in [5.74, 6) is 0.544. The number of aromatic nitrogens is 4. The van der Waals surface area contributed by atoms with Gasteiger partial charge in [-0.25, -0.2) is 0 Å². The lowest BCUT2D eigenvalue weighted by Crippen LogP contribution is -2.03. The van der Waals surface area contributed by atoms with Crippen LogP contribution in [0.4, 0.5) is 0 Å². The highest BCUT2D eigenvalue weighted by molar-refractivity contribution is 6.33. The predicted octanol–water partition coefficient (Wildman–Crippen LogP) is 3.35. The molecule has 1 heterocycles. The molecule has 3 rings (SSSR count). The van der Waals surface area contributed by atoms with Gasteiger partial charge in [0.2, 0.25) is 5.82 Å². The number of rotatable bonds is 3. The molecule has 0 atom stereocenters. The average molecular weight is 285 g/mol. The highest BCUT2D eigenvalue weighted by Crippen LogP contribution is 2.23. The number of aryl methyl sites for hydroxylation is 1. The molecule has 0 N–H and O–H groups in total. The normalized spacial score (nSPS) is 10.7. The minimum Gasteiger partial charge on any atom is -0.159 e. The first-order chi connectivity index (χ1) is 9.72. The van der Waals surface area contributed by atoms with Crippen molar-refractivity contribution in [3.8, 4) is 11.4 Å². The van der Waals surface area contributed by atoms with Gasteiger partial charge in [0.05, 0.1) is 11.6 Å². The van der Waals surface area contributed by atoms with E-state index in [4.69, 9.17) is 11.6 Å². The molecule has 2 aromatic carbocycles. The van der Waals surface area contributed by atoms with Gasteiger partial charge < -0.3 is 0 Å². The van der Waals surface area contributed by atoms with Crippen LogP contribution < -0.4 is 0 Å². The van der Waals surface area contributed by atoms with Crippen LogP contribution in [0.2, 0.25) is 5.02 Å². The summed E-state index contributed by atoms with van der Waals surface area (Å²) in [4.78, 5) is 1.57. The van der Waals surface area contributed by atoms with Crippen LogP contribution in [0.25, 0.3) is 11.4 Å². The van der Waals surface area contributed by atoms with Crippen LogP contribution in [0.3, 0.4) is 0 Å². The Kier molecular flexibility index (Phi) is 3.48. The van der Waals surface area contributed by atoms with E-state index in [-0.39, 0.29) is 0 Å². The Balaban J connectivity index is 1.84. The zero-order chi connectivity index (χ0) is 13.9. The van der Waals surface area contributed by atoms with Crippen LogP contribution in [-0.4, -0.2) is 20.2 Å². The zero-order valence-electron chi connectivity index (χ0n) is 11.0. The Labute approximate surface area is 122 Å². The van der Waals surface area contributed by atoms with Gasteiger partial charge >= 0.3 is 0 Å². The molecule has 0 bridgehead atoms. The molecule has 1 aromatic heterocycles. The van der Waals surface area contributed by atoms with Gasteiger partial charge in [0.1, 0.15) is 0 Å². The van der Waals surface area contributed by atoms with Crippen LogP contribution in [-0.2, 0) is 6.54 Å². The fourth-order valence-corrected chi connectivity index (χ4v) is 2.14. The molecule has 0 aliphatic heterocycles. The molecule has 0 radical (unpaired) electrons. The largest absolute Gasteiger partial charge is 0.206 e. The maximum absolute atomic E-state index is 6.13. The fourth-order valence-electron chi connectivity index (χ4n) is 1.92. The summed E-state index contributed by atoms with van der Waals surface area (Å²) in [6, 6.07) is 15.8. The lowest BCUT2D eigenvalue weighted by atomic mass is 10.1. The maximum atomic E-state index is 6.13. The highest BCUT2D eigenvalue weighted by Gasteiger charge is 2.09. The first kappa shape index (κ1) is 12.8. The summed E-state index contributed by atoms with van der Waals surface area (Å²) in [7, 11) is 0. The van der Waals surface area contributed by atoms with Crippen molar-refractivity contribution in [2.45, 2.75) is 13.5 Å². The number of tetrazole rings is 1. The summed E-state index contributed by atoms with van der Waals surface area (Å²) in [5.41, 5.74) is 3.17. The zero-order valence-corrected chi connectivity index (χ0v) is 11.7. The first-order valence-corrected chi connectivity index (χ1v) is 6.68. The average Bonchev–Trinajstić information content (AvgIpc) is 2.90. The molecule has 4 nitrogen and oxygen atoms in total. The number of hydrogen-bond acceptors (Lipinski definition) is 3. The standard InChI is InChI=1S/C15H13ClN4/c1-11-6-8-12(9-7-11)10-20-18-15(17-19-20)13-4-2-3-5-14(13)16/h2-9H,10H2,1H3. The van der Waals surface area contributed by atoms with Crippen LogP contribution in [0.5, 0.6) is 0 Å². The molecule has 0 saturated carbocycles. The molecule has 0 amide bonds. The van der Waals surface area contributed by atoms with E-state index in [9.17, 15) is 0 Å². The van der Waals surface area contributed by atoms with Gasteiger partial charge in [0.15, 0.2) is 0 Å². The molecular weight excluding hydrogens is 272 g/mol. The van der Waals surface area contributed by atoms with E-state index in [1.54, 1.807) is 4.80 Å². The fraction of sp³-hybridized carbons (Fsp3) is 0.133. The van der Waals surface area contributed by atoms with Crippen LogP contribution in [0.15, 0.2) is 48.5 Å². The second kappa shape index (κ2) is 5.43. The van der Waals surface area contributed by atoms with Crippen molar-refractivity contribution in [2.24, 2.45) is 0 Å². The minimum atomic E-state index is 0.544. The van der Waals surface area contributed by atoms with Gasteiger partial charge in [-0.2, -0.15) is 4.80 Å². The molecule has 0 unspecified atom stereocenters. The van der Waals surface area contributed by atoms with Crippen molar-refractivity contribution in [1.82, 2.24) is 20.2 Å². The van der Waals surface area contributed by atoms with Crippen molar-refractivity contribution in [3.63, 3.8) is 0 Å². The Morgan fingerprint density at radius 1 is 1.05 bits per heavy atom. The SMILES string of the molecule is Cc1ccc(Cn2nnc(-c3ccccc3Cl)n2)cc1. The maximum Gasteiger partial charge on any atom is 0.206 e.